The first-order chi connectivity index (χ1) is 7.58. The van der Waals surface area contributed by atoms with Crippen LogP contribution < -0.4 is 9.47 Å². The van der Waals surface area contributed by atoms with E-state index in [0.717, 1.165) is 10.7 Å². The van der Waals surface area contributed by atoms with Gasteiger partial charge in [-0.25, -0.2) is 0 Å². The average molecular weight is 288 g/mol. The molecule has 5 nitrogen and oxygen atoms in total. The van der Waals surface area contributed by atoms with Crippen LogP contribution in [0, 0.1) is 10.1 Å². The monoisotopic (exact) mass is 287 g/mol. The van der Waals surface area contributed by atoms with Gasteiger partial charge in [-0.3, -0.25) is 10.1 Å². The van der Waals surface area contributed by atoms with E-state index >= 15 is 0 Å². The lowest BCUT2D eigenvalue weighted by Gasteiger charge is -2.10. The highest BCUT2D eigenvalue weighted by atomic mass is 79.9. The van der Waals surface area contributed by atoms with Gasteiger partial charge in [0.15, 0.2) is 11.5 Å². The number of benzene rings is 1. The quantitative estimate of drug-likeness (QED) is 0.631. The molecule has 0 N–H and O–H groups in total. The van der Waals surface area contributed by atoms with Gasteiger partial charge in [-0.15, -0.1) is 0 Å². The molecule has 16 heavy (non-hydrogen) atoms. The van der Waals surface area contributed by atoms with Gasteiger partial charge in [0.05, 0.1) is 19.1 Å². The summed E-state index contributed by atoms with van der Waals surface area (Å²) in [6, 6.07) is 3.43. The number of methoxy groups -OCH3 is 2. The predicted octanol–water partition coefficient (Wildman–Crippen LogP) is 2.71. The maximum atomic E-state index is 10.2. The number of halogens is 1. The molecule has 0 saturated heterocycles. The number of ether oxygens (including phenoxy) is 2. The lowest BCUT2D eigenvalue weighted by Crippen LogP contribution is -1.93. The summed E-state index contributed by atoms with van der Waals surface area (Å²) in [5.74, 6) is 0.976. The average Bonchev–Trinajstić information content (AvgIpc) is 2.25. The third-order valence-electron chi connectivity index (χ3n) is 1.85. The molecule has 0 radical (unpaired) electrons. The molecular formula is C10H10BrNO4. The Labute approximate surface area is 101 Å². The van der Waals surface area contributed by atoms with Crippen LogP contribution in [0.2, 0.25) is 0 Å². The molecule has 86 valence electrons. The summed E-state index contributed by atoms with van der Waals surface area (Å²) < 4.78 is 11.0. The number of hydrogen-bond donors (Lipinski definition) is 0. The van der Waals surface area contributed by atoms with Crippen LogP contribution in [0.4, 0.5) is 0 Å². The first-order valence-electron chi connectivity index (χ1n) is 4.31. The van der Waals surface area contributed by atoms with Gasteiger partial charge in [0, 0.05) is 16.1 Å². The molecule has 1 rings (SSSR count). The molecule has 0 aliphatic heterocycles. The van der Waals surface area contributed by atoms with E-state index in [1.165, 1.54) is 20.3 Å². The maximum Gasteiger partial charge on any atom is 0.235 e. The van der Waals surface area contributed by atoms with Crippen molar-refractivity contribution in [1.29, 1.82) is 0 Å². The van der Waals surface area contributed by atoms with Crippen LogP contribution in [0.25, 0.3) is 6.08 Å². The molecule has 0 aliphatic rings. The summed E-state index contributed by atoms with van der Waals surface area (Å²) in [5, 5.41) is 10.2. The topological polar surface area (TPSA) is 61.6 Å². The lowest BCUT2D eigenvalue weighted by molar-refractivity contribution is -0.400. The molecule has 0 unspecified atom stereocenters. The second kappa shape index (κ2) is 5.50. The smallest absolute Gasteiger partial charge is 0.235 e. The van der Waals surface area contributed by atoms with E-state index in [4.69, 9.17) is 9.47 Å². The van der Waals surface area contributed by atoms with E-state index in [-0.39, 0.29) is 0 Å². The van der Waals surface area contributed by atoms with E-state index in [1.54, 1.807) is 12.1 Å². The third kappa shape index (κ3) is 2.96. The Morgan fingerprint density at radius 1 is 1.38 bits per heavy atom. The second-order valence-electron chi connectivity index (χ2n) is 2.83. The molecular weight excluding hydrogens is 278 g/mol. The minimum atomic E-state index is -0.535. The molecule has 1 aromatic rings. The Kier molecular flexibility index (Phi) is 4.30. The fourth-order valence-corrected chi connectivity index (χ4v) is 1.68. The summed E-state index contributed by atoms with van der Waals surface area (Å²) in [6.07, 6.45) is 2.20. The van der Waals surface area contributed by atoms with Gasteiger partial charge in [-0.2, -0.15) is 0 Å². The Morgan fingerprint density at radius 3 is 2.56 bits per heavy atom. The standard InChI is InChI=1S/C10H10BrNO4/c1-15-9-6-8(11)5-7(10(9)16-2)3-4-12(13)14/h3-6H,1-2H3/b4-3+. The van der Waals surface area contributed by atoms with Gasteiger partial charge in [0.2, 0.25) is 6.20 Å². The van der Waals surface area contributed by atoms with E-state index in [9.17, 15) is 10.1 Å². The van der Waals surface area contributed by atoms with Gasteiger partial charge in [0.1, 0.15) is 0 Å². The summed E-state index contributed by atoms with van der Waals surface area (Å²) in [7, 11) is 2.99. The van der Waals surface area contributed by atoms with Crippen molar-refractivity contribution in [3.63, 3.8) is 0 Å². The van der Waals surface area contributed by atoms with Gasteiger partial charge in [-0.1, -0.05) is 15.9 Å². The lowest BCUT2D eigenvalue weighted by atomic mass is 10.2. The molecule has 0 bridgehead atoms. The summed E-state index contributed by atoms with van der Waals surface area (Å²) in [4.78, 5) is 9.71. The third-order valence-corrected chi connectivity index (χ3v) is 2.31. The van der Waals surface area contributed by atoms with Crippen LogP contribution in [0.1, 0.15) is 5.56 Å². The van der Waals surface area contributed by atoms with Crippen molar-refractivity contribution in [3.05, 3.63) is 38.5 Å². The van der Waals surface area contributed by atoms with Crippen molar-refractivity contribution < 1.29 is 14.4 Å². The summed E-state index contributed by atoms with van der Waals surface area (Å²) in [5.41, 5.74) is 0.574. The van der Waals surface area contributed by atoms with Gasteiger partial charge < -0.3 is 9.47 Å². The number of hydrogen-bond acceptors (Lipinski definition) is 4. The summed E-state index contributed by atoms with van der Waals surface area (Å²) >= 11 is 3.28. The van der Waals surface area contributed by atoms with Crippen LogP contribution in [0.15, 0.2) is 22.8 Å². The minimum absolute atomic E-state index is 0.462. The van der Waals surface area contributed by atoms with Gasteiger partial charge in [-0.05, 0) is 12.1 Å². The molecule has 1 aromatic carbocycles. The van der Waals surface area contributed by atoms with Crippen molar-refractivity contribution >= 4 is 22.0 Å². The highest BCUT2D eigenvalue weighted by Gasteiger charge is 2.10. The van der Waals surface area contributed by atoms with Crippen molar-refractivity contribution in [2.75, 3.05) is 14.2 Å². The van der Waals surface area contributed by atoms with E-state index in [1.807, 2.05) is 0 Å². The number of rotatable bonds is 4. The van der Waals surface area contributed by atoms with E-state index < -0.39 is 4.92 Å². The Balaban J connectivity index is 3.25. The Bertz CT molecular complexity index is 431. The largest absolute Gasteiger partial charge is 0.493 e. The normalized spacial score (nSPS) is 10.4. The molecule has 0 amide bonds. The van der Waals surface area contributed by atoms with Crippen LogP contribution in [0.5, 0.6) is 11.5 Å². The minimum Gasteiger partial charge on any atom is -0.493 e. The van der Waals surface area contributed by atoms with Crippen LogP contribution in [-0.4, -0.2) is 19.1 Å². The second-order valence-corrected chi connectivity index (χ2v) is 3.75. The molecule has 0 spiro atoms. The molecule has 0 atom stereocenters. The highest BCUT2D eigenvalue weighted by molar-refractivity contribution is 9.10. The molecule has 0 aliphatic carbocycles. The van der Waals surface area contributed by atoms with Crippen LogP contribution in [0.3, 0.4) is 0 Å². The van der Waals surface area contributed by atoms with Crippen molar-refractivity contribution in [3.8, 4) is 11.5 Å². The van der Waals surface area contributed by atoms with E-state index in [0.29, 0.717) is 17.1 Å². The fourth-order valence-electron chi connectivity index (χ4n) is 1.22. The Hall–Kier alpha value is -1.56. The molecule has 6 heteroatoms. The number of nitrogens with zero attached hydrogens (tertiary/aromatic N) is 1. The maximum absolute atomic E-state index is 10.2. The zero-order chi connectivity index (χ0) is 12.1. The molecule has 0 fully saturated rings. The summed E-state index contributed by atoms with van der Waals surface area (Å²) in [6.45, 7) is 0. The van der Waals surface area contributed by atoms with Gasteiger partial charge >= 0.3 is 0 Å². The molecule has 0 saturated carbocycles. The van der Waals surface area contributed by atoms with Crippen molar-refractivity contribution in [2.24, 2.45) is 0 Å². The predicted molar refractivity (Wildman–Crippen MR) is 63.3 cm³/mol. The Morgan fingerprint density at radius 2 is 2.06 bits per heavy atom. The van der Waals surface area contributed by atoms with Crippen LogP contribution >= 0.6 is 15.9 Å². The van der Waals surface area contributed by atoms with Gasteiger partial charge in [0.25, 0.3) is 0 Å². The first-order valence-corrected chi connectivity index (χ1v) is 5.11. The van der Waals surface area contributed by atoms with Crippen LogP contribution in [-0.2, 0) is 0 Å². The first kappa shape index (κ1) is 12.5. The molecule has 0 aromatic heterocycles. The van der Waals surface area contributed by atoms with Crippen molar-refractivity contribution in [1.82, 2.24) is 0 Å². The zero-order valence-corrected chi connectivity index (χ0v) is 10.4. The fraction of sp³-hybridized carbons (Fsp3) is 0.200. The molecule has 0 heterocycles. The SMILES string of the molecule is COc1cc(Br)cc(/C=C/[N+](=O)[O-])c1OC. The van der Waals surface area contributed by atoms with E-state index in [2.05, 4.69) is 15.9 Å². The van der Waals surface area contributed by atoms with Crippen molar-refractivity contribution in [2.45, 2.75) is 0 Å². The number of nitro groups is 1. The highest BCUT2D eigenvalue weighted by Crippen LogP contribution is 2.35. The zero-order valence-electron chi connectivity index (χ0n) is 8.77.